The monoisotopic (exact) mass is 350 g/mol. The minimum absolute atomic E-state index is 0. The second-order valence-electron chi connectivity index (χ2n) is 5.19. The number of carbonyl (C=O) groups is 2. The Balaban J connectivity index is -0.000000425. The van der Waals surface area contributed by atoms with Gasteiger partial charge in [0.1, 0.15) is 13.2 Å². The lowest BCUT2D eigenvalue weighted by molar-refractivity contribution is -0.923. The van der Waals surface area contributed by atoms with Crippen LogP contribution in [0.15, 0.2) is 24.3 Å². The van der Waals surface area contributed by atoms with Gasteiger partial charge in [-0.3, -0.25) is 0 Å². The van der Waals surface area contributed by atoms with Crippen LogP contribution in [0.4, 0.5) is 0 Å². The normalized spacial score (nSPS) is 9.78. The smallest absolute Gasteiger partial charge is 0.333 e. The van der Waals surface area contributed by atoms with Gasteiger partial charge in [0.15, 0.2) is 0 Å². The van der Waals surface area contributed by atoms with Gasteiger partial charge in [0, 0.05) is 11.1 Å². The van der Waals surface area contributed by atoms with Gasteiger partial charge in [-0.2, -0.15) is 0 Å². The molecule has 0 amide bonds. The predicted molar refractivity (Wildman–Crippen MR) is 96.8 cm³/mol. The van der Waals surface area contributed by atoms with Gasteiger partial charge in [-0.25, -0.2) is 9.59 Å². The van der Waals surface area contributed by atoms with E-state index >= 15 is 0 Å². The van der Waals surface area contributed by atoms with Crippen molar-refractivity contribution in [1.29, 1.82) is 0 Å². The van der Waals surface area contributed by atoms with E-state index in [2.05, 4.69) is 33.9 Å². The number of carboxylic acid groups (broad SMARTS) is 1. The third-order valence-corrected chi connectivity index (χ3v) is 3.89. The highest BCUT2D eigenvalue weighted by atomic mass is 35.5. The maximum Gasteiger partial charge on any atom is 0.333 e. The molecule has 5 nitrogen and oxygen atoms in total. The first kappa shape index (κ1) is 26.6. The number of nitrogens with zero attached hydrogens (tertiary/aromatic N) is 1. The van der Waals surface area contributed by atoms with Crippen LogP contribution in [0, 0.1) is 0 Å². The van der Waals surface area contributed by atoms with Crippen molar-refractivity contribution in [2.45, 2.75) is 41.0 Å². The Hall–Kier alpha value is -1.33. The van der Waals surface area contributed by atoms with Gasteiger partial charge >= 0.3 is 11.9 Å². The molecular formula is C17H33ClNO4+. The molecular weight excluding hydrogens is 318 g/mol. The molecule has 0 aromatic carbocycles. The molecule has 0 saturated heterocycles. The molecule has 0 fully saturated rings. The van der Waals surface area contributed by atoms with E-state index in [0.29, 0.717) is 18.6 Å². The van der Waals surface area contributed by atoms with Crippen molar-refractivity contribution < 1.29 is 23.9 Å². The summed E-state index contributed by atoms with van der Waals surface area (Å²) in [6, 6.07) is 0. The molecule has 0 bridgehead atoms. The van der Waals surface area contributed by atoms with Gasteiger partial charge < -0.3 is 14.3 Å². The van der Waals surface area contributed by atoms with E-state index in [-0.39, 0.29) is 23.9 Å². The Morgan fingerprint density at radius 1 is 1.04 bits per heavy atom. The van der Waals surface area contributed by atoms with Crippen LogP contribution in [-0.4, -0.2) is 54.3 Å². The zero-order valence-corrected chi connectivity index (χ0v) is 16.0. The van der Waals surface area contributed by atoms with Gasteiger partial charge in [-0.05, 0) is 34.1 Å². The highest BCUT2D eigenvalue weighted by Gasteiger charge is 2.20. The average molecular weight is 351 g/mol. The number of halogens is 1. The lowest BCUT2D eigenvalue weighted by Gasteiger charge is -2.35. The van der Waals surface area contributed by atoms with E-state index in [1.165, 1.54) is 0 Å². The van der Waals surface area contributed by atoms with Gasteiger partial charge in [0.2, 0.25) is 0 Å². The summed E-state index contributed by atoms with van der Waals surface area (Å²) < 4.78 is 6.11. The maximum absolute atomic E-state index is 11.2. The Labute approximate surface area is 147 Å². The van der Waals surface area contributed by atoms with Crippen LogP contribution < -0.4 is 0 Å². The van der Waals surface area contributed by atoms with E-state index < -0.39 is 5.97 Å². The Kier molecular flexibility index (Phi) is 16.5. The van der Waals surface area contributed by atoms with E-state index in [1.54, 1.807) is 13.8 Å². The van der Waals surface area contributed by atoms with Crippen molar-refractivity contribution in [1.82, 2.24) is 0 Å². The van der Waals surface area contributed by atoms with Crippen molar-refractivity contribution in [2.24, 2.45) is 0 Å². The number of carboxylic acids is 1. The Morgan fingerprint density at radius 3 is 1.70 bits per heavy atom. The second-order valence-corrected chi connectivity index (χ2v) is 5.19. The molecule has 23 heavy (non-hydrogen) atoms. The largest absolute Gasteiger partial charge is 0.478 e. The molecule has 0 aliphatic carbocycles. The van der Waals surface area contributed by atoms with Gasteiger partial charge in [0.25, 0.3) is 0 Å². The SMILES string of the molecule is C=C(C)C(=O)OCC[N+](CC)(CC)CC.C=C(CC)C(=O)O.Cl. The van der Waals surface area contributed by atoms with Gasteiger partial charge in [0.05, 0.1) is 19.6 Å². The van der Waals surface area contributed by atoms with E-state index in [0.717, 1.165) is 30.7 Å². The summed E-state index contributed by atoms with van der Waals surface area (Å²) in [5, 5.41) is 8.08. The first-order chi connectivity index (χ1) is 10.2. The summed E-state index contributed by atoms with van der Waals surface area (Å²) in [6.07, 6.45) is 0.523. The fourth-order valence-corrected chi connectivity index (χ4v) is 1.75. The van der Waals surface area contributed by atoms with Crippen LogP contribution in [0.1, 0.15) is 41.0 Å². The summed E-state index contributed by atoms with van der Waals surface area (Å²) in [7, 11) is 0. The second kappa shape index (κ2) is 14.3. The van der Waals surface area contributed by atoms with Crippen LogP contribution in [0.5, 0.6) is 0 Å². The van der Waals surface area contributed by atoms with E-state index in [9.17, 15) is 9.59 Å². The van der Waals surface area contributed by atoms with Crippen molar-refractivity contribution in [3.05, 3.63) is 24.3 Å². The highest BCUT2D eigenvalue weighted by Crippen LogP contribution is 2.05. The van der Waals surface area contributed by atoms with E-state index in [1.807, 2.05) is 0 Å². The lowest BCUT2D eigenvalue weighted by atomic mass is 10.2. The summed E-state index contributed by atoms with van der Waals surface area (Å²) in [4.78, 5) is 21.0. The molecule has 0 rings (SSSR count). The van der Waals surface area contributed by atoms with Gasteiger partial charge in [-0.15, -0.1) is 12.4 Å². The molecule has 0 aromatic rings. The number of hydrogen-bond donors (Lipinski definition) is 1. The van der Waals surface area contributed by atoms with E-state index in [4.69, 9.17) is 9.84 Å². The predicted octanol–water partition coefficient (Wildman–Crippen LogP) is 3.44. The molecule has 0 atom stereocenters. The number of aliphatic carboxylic acids is 1. The Morgan fingerprint density at radius 2 is 1.48 bits per heavy atom. The minimum atomic E-state index is -0.900. The average Bonchev–Trinajstić information content (AvgIpc) is 2.51. The summed E-state index contributed by atoms with van der Waals surface area (Å²) in [5.41, 5.74) is 0.734. The van der Waals surface area contributed by atoms with Crippen molar-refractivity contribution >= 4 is 24.3 Å². The molecule has 0 aliphatic rings. The number of quaternary nitrogens is 1. The van der Waals surface area contributed by atoms with Crippen molar-refractivity contribution in [3.63, 3.8) is 0 Å². The van der Waals surface area contributed by atoms with Crippen LogP contribution in [0.25, 0.3) is 0 Å². The fourth-order valence-electron chi connectivity index (χ4n) is 1.75. The number of ether oxygens (including phenoxy) is 1. The molecule has 0 saturated carbocycles. The van der Waals surface area contributed by atoms with Crippen LogP contribution in [0.2, 0.25) is 0 Å². The number of hydrogen-bond acceptors (Lipinski definition) is 3. The van der Waals surface area contributed by atoms with Crippen LogP contribution in [-0.2, 0) is 14.3 Å². The molecule has 1 N–H and O–H groups in total. The van der Waals surface area contributed by atoms with Crippen molar-refractivity contribution in [3.8, 4) is 0 Å². The lowest BCUT2D eigenvalue weighted by Crippen LogP contribution is -2.49. The molecule has 0 heterocycles. The zero-order valence-electron chi connectivity index (χ0n) is 15.2. The molecule has 6 heteroatoms. The highest BCUT2D eigenvalue weighted by molar-refractivity contribution is 5.87. The van der Waals surface area contributed by atoms with Crippen LogP contribution in [0.3, 0.4) is 0 Å². The molecule has 136 valence electrons. The van der Waals surface area contributed by atoms with Crippen molar-refractivity contribution in [2.75, 3.05) is 32.8 Å². The molecule has 0 spiro atoms. The molecule has 0 unspecified atom stereocenters. The summed E-state index contributed by atoms with van der Waals surface area (Å²) >= 11 is 0. The first-order valence-corrected chi connectivity index (χ1v) is 7.78. The van der Waals surface area contributed by atoms with Gasteiger partial charge in [-0.1, -0.05) is 20.1 Å². The third-order valence-electron chi connectivity index (χ3n) is 3.89. The summed E-state index contributed by atoms with van der Waals surface area (Å²) in [6.45, 7) is 21.4. The number of esters is 1. The van der Waals surface area contributed by atoms with Crippen LogP contribution >= 0.6 is 12.4 Å². The number of likely N-dealkylation sites (N-methyl/N-ethyl adjacent to an activating group) is 1. The minimum Gasteiger partial charge on any atom is -0.478 e. The standard InChI is InChI=1S/C12H24NO2.C5H8O2.ClH/c1-6-13(7-2,8-3)9-10-15-12(14)11(4)5;1-3-4(2)5(6)7;/h4,6-10H2,1-3,5H3;2-3H2,1H3,(H,6,7);1H/q+1;;. The molecule has 0 radical (unpaired) electrons. The topological polar surface area (TPSA) is 63.6 Å². The number of carbonyl (C=O) groups excluding carboxylic acids is 1. The quantitative estimate of drug-likeness (QED) is 0.393. The third kappa shape index (κ3) is 11.8. The maximum atomic E-state index is 11.2. The first-order valence-electron chi connectivity index (χ1n) is 7.78. The zero-order chi connectivity index (χ0) is 17.8. The molecule has 0 aliphatic heterocycles. The summed E-state index contributed by atoms with van der Waals surface area (Å²) in [5.74, 6) is -1.18. The Bertz CT molecular complexity index is 382. The number of rotatable bonds is 9. The fraction of sp³-hybridized carbons (Fsp3) is 0.647. The molecule has 0 aromatic heterocycles.